The third kappa shape index (κ3) is 11.8. The molecule has 0 heterocycles. The van der Waals surface area contributed by atoms with Crippen molar-refractivity contribution >= 4 is 27.2 Å². The zero-order chi connectivity index (χ0) is 16.2. The molecule has 6 heteroatoms. The van der Waals surface area contributed by atoms with E-state index >= 15 is 0 Å². The van der Waals surface area contributed by atoms with Crippen molar-refractivity contribution in [2.45, 2.75) is 72.1 Å². The normalized spacial score (nSPS) is 12.9. The van der Waals surface area contributed by atoms with Crippen molar-refractivity contribution in [2.75, 3.05) is 25.6 Å². The fourth-order valence-electron chi connectivity index (χ4n) is 1.78. The van der Waals surface area contributed by atoms with Gasteiger partial charge >= 0.3 is 8.80 Å². The molecule has 0 radical (unpaired) electrons. The van der Waals surface area contributed by atoms with Gasteiger partial charge in [-0.25, -0.2) is 0 Å². The van der Waals surface area contributed by atoms with Crippen LogP contribution >= 0.6 is 11.2 Å². The third-order valence-corrected chi connectivity index (χ3v) is 10.2. The predicted octanol–water partition coefficient (Wildman–Crippen LogP) is 5.16. The zero-order valence-electron chi connectivity index (χ0n) is 15.0. The van der Waals surface area contributed by atoms with E-state index in [1.165, 1.54) is 5.75 Å². The molecule has 0 spiro atoms. The van der Waals surface area contributed by atoms with Gasteiger partial charge < -0.3 is 13.3 Å². The van der Waals surface area contributed by atoms with E-state index in [2.05, 4.69) is 51.6 Å². The number of rotatable bonds is 14. The summed E-state index contributed by atoms with van der Waals surface area (Å²) in [6, 6.07) is 0.963. The van der Waals surface area contributed by atoms with Gasteiger partial charge in [0.1, 0.15) is 7.22 Å². The minimum Gasteiger partial charge on any atom is -0.373 e. The maximum Gasteiger partial charge on any atom is 0.500 e. The Balaban J connectivity index is 4.48. The SMILES string of the molecule is CCCO[Si](CCCS[Si](C)(C)C)(OCCC)OCCC. The van der Waals surface area contributed by atoms with Crippen molar-refractivity contribution in [3.63, 3.8) is 0 Å². The minimum absolute atomic E-state index is 0.751. The summed E-state index contributed by atoms with van der Waals surface area (Å²) in [6.45, 7) is 15.9. The summed E-state index contributed by atoms with van der Waals surface area (Å²) in [4.78, 5) is 0. The monoisotopic (exact) mass is 352 g/mol. The molecule has 0 fully saturated rings. The quantitative estimate of drug-likeness (QED) is 0.319. The topological polar surface area (TPSA) is 27.7 Å². The molecule has 0 bridgehead atoms. The maximum atomic E-state index is 6.11. The lowest BCUT2D eigenvalue weighted by atomic mass is 10.5. The van der Waals surface area contributed by atoms with Crippen molar-refractivity contribution in [1.29, 1.82) is 0 Å². The lowest BCUT2D eigenvalue weighted by Crippen LogP contribution is -2.46. The minimum atomic E-state index is -2.45. The van der Waals surface area contributed by atoms with Crippen molar-refractivity contribution in [3.05, 3.63) is 0 Å². The molecule has 0 aromatic heterocycles. The summed E-state index contributed by atoms with van der Waals surface area (Å²) in [5, 5.41) is 0. The average molecular weight is 353 g/mol. The van der Waals surface area contributed by atoms with Crippen LogP contribution in [0.5, 0.6) is 0 Å². The number of hydrogen-bond acceptors (Lipinski definition) is 4. The van der Waals surface area contributed by atoms with E-state index in [1.807, 2.05) is 0 Å². The summed E-state index contributed by atoms with van der Waals surface area (Å²) in [5.41, 5.74) is 0. The Morgan fingerprint density at radius 3 is 1.52 bits per heavy atom. The standard InChI is InChI=1S/C15H36O3SSi2/c1-7-11-16-21(17-12-8-2,18-13-9-3)15-10-14-19-20(4,5)6/h7-15H2,1-6H3. The molecule has 0 rings (SSSR count). The summed E-state index contributed by atoms with van der Waals surface area (Å²) in [5.74, 6) is 1.20. The van der Waals surface area contributed by atoms with Crippen molar-refractivity contribution in [1.82, 2.24) is 0 Å². The van der Waals surface area contributed by atoms with Gasteiger partial charge in [-0.15, -0.1) is 0 Å². The second kappa shape index (κ2) is 12.1. The van der Waals surface area contributed by atoms with Gasteiger partial charge in [-0.2, -0.15) is 11.2 Å². The Morgan fingerprint density at radius 2 is 1.19 bits per heavy atom. The molecule has 0 aromatic rings. The van der Waals surface area contributed by atoms with Gasteiger partial charge in [-0.3, -0.25) is 0 Å². The van der Waals surface area contributed by atoms with Crippen LogP contribution in [0.2, 0.25) is 25.7 Å². The van der Waals surface area contributed by atoms with Gasteiger partial charge in [-0.1, -0.05) is 40.4 Å². The van der Waals surface area contributed by atoms with Crippen LogP contribution in [0.25, 0.3) is 0 Å². The lowest BCUT2D eigenvalue weighted by molar-refractivity contribution is 0.0591. The molecule has 0 saturated carbocycles. The molecule has 128 valence electrons. The summed E-state index contributed by atoms with van der Waals surface area (Å²) in [7, 11) is -3.47. The van der Waals surface area contributed by atoms with Crippen LogP contribution in [-0.4, -0.2) is 41.6 Å². The fourth-order valence-corrected chi connectivity index (χ4v) is 8.05. The van der Waals surface area contributed by atoms with Crippen LogP contribution in [0.1, 0.15) is 46.5 Å². The highest BCUT2D eigenvalue weighted by atomic mass is 32.4. The Hall–Kier alpha value is 0.664. The van der Waals surface area contributed by atoms with E-state index in [0.717, 1.165) is 51.5 Å². The highest BCUT2D eigenvalue weighted by Gasteiger charge is 2.40. The Bertz CT molecular complexity index is 226. The third-order valence-electron chi connectivity index (χ3n) is 2.74. The molecular weight excluding hydrogens is 316 g/mol. The van der Waals surface area contributed by atoms with Gasteiger partial charge in [0.2, 0.25) is 0 Å². The van der Waals surface area contributed by atoms with E-state index in [4.69, 9.17) is 13.3 Å². The molecule has 0 aromatic carbocycles. The first kappa shape index (κ1) is 21.7. The van der Waals surface area contributed by atoms with Crippen molar-refractivity contribution < 1.29 is 13.3 Å². The molecule has 0 unspecified atom stereocenters. The predicted molar refractivity (Wildman–Crippen MR) is 99.7 cm³/mol. The first-order valence-corrected chi connectivity index (χ1v) is 15.6. The fraction of sp³-hybridized carbons (Fsp3) is 1.00. The van der Waals surface area contributed by atoms with Gasteiger partial charge in [0, 0.05) is 25.9 Å². The Kier molecular flexibility index (Phi) is 12.5. The molecule has 0 aliphatic rings. The first-order valence-electron chi connectivity index (χ1n) is 8.45. The van der Waals surface area contributed by atoms with Crippen molar-refractivity contribution in [3.8, 4) is 0 Å². The molecule has 0 aliphatic heterocycles. The van der Waals surface area contributed by atoms with E-state index in [0.29, 0.717) is 0 Å². The second-order valence-corrected chi connectivity index (χ2v) is 18.5. The molecule has 0 aliphatic carbocycles. The van der Waals surface area contributed by atoms with E-state index < -0.39 is 16.0 Å². The lowest BCUT2D eigenvalue weighted by Gasteiger charge is -2.30. The molecule has 3 nitrogen and oxygen atoms in total. The molecule has 0 N–H and O–H groups in total. The smallest absolute Gasteiger partial charge is 0.373 e. The second-order valence-electron chi connectivity index (χ2n) is 6.29. The summed E-state index contributed by atoms with van der Waals surface area (Å²) >= 11 is 2.14. The highest BCUT2D eigenvalue weighted by Crippen LogP contribution is 2.25. The number of hydrogen-bond donors (Lipinski definition) is 0. The highest BCUT2D eigenvalue weighted by molar-refractivity contribution is 8.28. The Labute approximate surface area is 138 Å². The van der Waals surface area contributed by atoms with Crippen LogP contribution in [0.3, 0.4) is 0 Å². The van der Waals surface area contributed by atoms with Crippen LogP contribution in [0.4, 0.5) is 0 Å². The van der Waals surface area contributed by atoms with Crippen LogP contribution in [0, 0.1) is 0 Å². The molecule has 21 heavy (non-hydrogen) atoms. The van der Waals surface area contributed by atoms with Gasteiger partial charge in [0.25, 0.3) is 0 Å². The Morgan fingerprint density at radius 1 is 0.762 bits per heavy atom. The molecule has 0 saturated heterocycles. The first-order chi connectivity index (χ1) is 9.89. The van der Waals surface area contributed by atoms with E-state index in [1.54, 1.807) is 0 Å². The van der Waals surface area contributed by atoms with E-state index in [-0.39, 0.29) is 0 Å². The van der Waals surface area contributed by atoms with Crippen molar-refractivity contribution in [2.24, 2.45) is 0 Å². The summed E-state index contributed by atoms with van der Waals surface area (Å²) < 4.78 is 18.3. The van der Waals surface area contributed by atoms with E-state index in [9.17, 15) is 0 Å². The molecule has 0 atom stereocenters. The van der Waals surface area contributed by atoms with Crippen LogP contribution in [-0.2, 0) is 13.3 Å². The largest absolute Gasteiger partial charge is 0.500 e. The average Bonchev–Trinajstić information content (AvgIpc) is 2.43. The zero-order valence-corrected chi connectivity index (χ0v) is 17.8. The van der Waals surface area contributed by atoms with Crippen LogP contribution in [0.15, 0.2) is 0 Å². The summed E-state index contributed by atoms with van der Waals surface area (Å²) in [6.07, 6.45) is 4.19. The van der Waals surface area contributed by atoms with Gasteiger partial charge in [0.15, 0.2) is 0 Å². The molecular formula is C15H36O3SSi2. The van der Waals surface area contributed by atoms with Gasteiger partial charge in [-0.05, 0) is 31.4 Å². The van der Waals surface area contributed by atoms with Gasteiger partial charge in [0.05, 0.1) is 0 Å². The maximum absolute atomic E-state index is 6.11. The van der Waals surface area contributed by atoms with Crippen LogP contribution < -0.4 is 0 Å². The molecule has 0 amide bonds.